The van der Waals surface area contributed by atoms with E-state index in [1.807, 2.05) is 6.07 Å². The summed E-state index contributed by atoms with van der Waals surface area (Å²) >= 11 is 0. The van der Waals surface area contributed by atoms with Crippen LogP contribution in [0.5, 0.6) is 11.5 Å². The third kappa shape index (κ3) is 2.49. The van der Waals surface area contributed by atoms with Gasteiger partial charge < -0.3 is 9.47 Å². The quantitative estimate of drug-likeness (QED) is 0.793. The fourth-order valence-electron chi connectivity index (χ4n) is 2.54. The molecular weight excluding hydrogens is 271 g/mol. The van der Waals surface area contributed by atoms with Gasteiger partial charge in [0.1, 0.15) is 12.4 Å². The maximum Gasteiger partial charge on any atom is 0.210 e. The van der Waals surface area contributed by atoms with Gasteiger partial charge in [-0.3, -0.25) is 4.79 Å². The van der Waals surface area contributed by atoms with E-state index in [1.54, 1.807) is 38.1 Å². The second-order valence-electron chi connectivity index (χ2n) is 5.17. The summed E-state index contributed by atoms with van der Waals surface area (Å²) in [4.78, 5) is 12.5. The van der Waals surface area contributed by atoms with Gasteiger partial charge in [-0.25, -0.2) is 4.39 Å². The van der Waals surface area contributed by atoms with Gasteiger partial charge in [0.2, 0.25) is 5.78 Å². The number of fused-ring (bicyclic) bond motifs is 1. The molecule has 4 heteroatoms. The van der Waals surface area contributed by atoms with Crippen LogP contribution in [0.1, 0.15) is 21.5 Å². The zero-order valence-electron chi connectivity index (χ0n) is 11.9. The van der Waals surface area contributed by atoms with Gasteiger partial charge in [-0.05, 0) is 43.2 Å². The SMILES string of the molecule is Cc1cc(C)c(C(=O)C2COc3ccccc3O2)c(F)c1. The topological polar surface area (TPSA) is 35.5 Å². The predicted octanol–water partition coefficient (Wildman–Crippen LogP) is 3.47. The van der Waals surface area contributed by atoms with Gasteiger partial charge in [-0.1, -0.05) is 18.2 Å². The summed E-state index contributed by atoms with van der Waals surface area (Å²) < 4.78 is 25.3. The summed E-state index contributed by atoms with van der Waals surface area (Å²) in [5, 5.41) is 0. The molecule has 21 heavy (non-hydrogen) atoms. The van der Waals surface area contributed by atoms with Gasteiger partial charge >= 0.3 is 0 Å². The molecule has 1 heterocycles. The van der Waals surface area contributed by atoms with Crippen LogP contribution < -0.4 is 9.47 Å². The minimum absolute atomic E-state index is 0.0774. The molecule has 2 aromatic carbocycles. The van der Waals surface area contributed by atoms with Crippen LogP contribution in [0.25, 0.3) is 0 Å². The molecule has 0 amide bonds. The van der Waals surface area contributed by atoms with Gasteiger partial charge in [-0.15, -0.1) is 0 Å². The number of rotatable bonds is 2. The number of Topliss-reactive ketones (excluding diaryl/α,β-unsaturated/α-hetero) is 1. The first kappa shape index (κ1) is 13.6. The Bertz CT molecular complexity index is 686. The molecule has 0 fully saturated rings. The lowest BCUT2D eigenvalue weighted by atomic mass is 9.98. The van der Waals surface area contributed by atoms with Crippen LogP contribution in [-0.2, 0) is 0 Å². The number of benzene rings is 2. The fraction of sp³-hybridized carbons (Fsp3) is 0.235. The van der Waals surface area contributed by atoms with Crippen LogP contribution in [0.3, 0.4) is 0 Å². The molecule has 0 aromatic heterocycles. The Balaban J connectivity index is 1.91. The van der Waals surface area contributed by atoms with Gasteiger partial charge in [0.25, 0.3) is 0 Å². The maximum atomic E-state index is 14.1. The molecule has 1 aliphatic rings. The second kappa shape index (κ2) is 5.20. The summed E-state index contributed by atoms with van der Waals surface area (Å²) in [6.07, 6.45) is -0.823. The average Bonchev–Trinajstić information content (AvgIpc) is 2.45. The highest BCUT2D eigenvalue weighted by Gasteiger charge is 2.30. The predicted molar refractivity (Wildman–Crippen MR) is 76.6 cm³/mol. The Morgan fingerprint density at radius 2 is 1.90 bits per heavy atom. The number of para-hydroxylation sites is 2. The Morgan fingerprint density at radius 3 is 2.62 bits per heavy atom. The third-order valence-electron chi connectivity index (χ3n) is 3.48. The molecule has 3 rings (SSSR count). The van der Waals surface area contributed by atoms with Gasteiger partial charge in [0.15, 0.2) is 17.6 Å². The average molecular weight is 286 g/mol. The summed E-state index contributed by atoms with van der Waals surface area (Å²) in [5.74, 6) is 0.203. The van der Waals surface area contributed by atoms with E-state index in [1.165, 1.54) is 6.07 Å². The highest BCUT2D eigenvalue weighted by molar-refractivity contribution is 6.01. The summed E-state index contributed by atoms with van der Waals surface area (Å²) in [6.45, 7) is 3.60. The largest absolute Gasteiger partial charge is 0.485 e. The van der Waals surface area contributed by atoms with Crippen molar-refractivity contribution >= 4 is 5.78 Å². The van der Waals surface area contributed by atoms with Crippen LogP contribution in [0.15, 0.2) is 36.4 Å². The van der Waals surface area contributed by atoms with Crippen molar-refractivity contribution in [2.75, 3.05) is 6.61 Å². The molecule has 1 unspecified atom stereocenters. The highest BCUT2D eigenvalue weighted by atomic mass is 19.1. The van der Waals surface area contributed by atoms with Crippen LogP contribution in [0, 0.1) is 19.7 Å². The number of hydrogen-bond acceptors (Lipinski definition) is 3. The minimum atomic E-state index is -0.823. The summed E-state index contributed by atoms with van der Waals surface area (Å²) in [6, 6.07) is 10.3. The van der Waals surface area contributed by atoms with E-state index in [0.29, 0.717) is 17.1 Å². The Kier molecular flexibility index (Phi) is 3.37. The zero-order valence-corrected chi connectivity index (χ0v) is 11.9. The maximum absolute atomic E-state index is 14.1. The first-order valence-corrected chi connectivity index (χ1v) is 6.75. The Labute approximate surface area is 122 Å². The Hall–Kier alpha value is -2.36. The molecule has 0 saturated carbocycles. The number of aryl methyl sites for hydroxylation is 2. The van der Waals surface area contributed by atoms with Gasteiger partial charge in [-0.2, -0.15) is 0 Å². The first-order valence-electron chi connectivity index (χ1n) is 6.75. The lowest BCUT2D eigenvalue weighted by Gasteiger charge is -2.26. The first-order chi connectivity index (χ1) is 10.1. The van der Waals surface area contributed by atoms with E-state index in [-0.39, 0.29) is 18.0 Å². The molecule has 1 atom stereocenters. The summed E-state index contributed by atoms with van der Waals surface area (Å²) in [7, 11) is 0. The van der Waals surface area contributed by atoms with Crippen LogP contribution in [0.4, 0.5) is 4.39 Å². The number of carbonyl (C=O) groups is 1. The van der Waals surface area contributed by atoms with Crippen LogP contribution >= 0.6 is 0 Å². The van der Waals surface area contributed by atoms with E-state index in [9.17, 15) is 9.18 Å². The van der Waals surface area contributed by atoms with E-state index >= 15 is 0 Å². The normalized spacial score (nSPS) is 16.6. The standard InChI is InChI=1S/C17H15FO3/c1-10-7-11(2)16(12(18)8-10)17(19)15-9-20-13-5-3-4-6-14(13)21-15/h3-8,15H,9H2,1-2H3. The van der Waals surface area contributed by atoms with E-state index < -0.39 is 11.9 Å². The van der Waals surface area contributed by atoms with Crippen molar-refractivity contribution in [1.29, 1.82) is 0 Å². The molecule has 2 aromatic rings. The minimum Gasteiger partial charge on any atom is -0.485 e. The van der Waals surface area contributed by atoms with Crippen molar-refractivity contribution in [2.24, 2.45) is 0 Å². The van der Waals surface area contributed by atoms with Crippen molar-refractivity contribution < 1.29 is 18.7 Å². The molecule has 0 N–H and O–H groups in total. The second-order valence-corrected chi connectivity index (χ2v) is 5.17. The highest BCUT2D eigenvalue weighted by Crippen LogP contribution is 2.32. The molecule has 0 saturated heterocycles. The lowest BCUT2D eigenvalue weighted by molar-refractivity contribution is 0.0581. The number of ketones is 1. The van der Waals surface area contributed by atoms with Crippen LogP contribution in [0.2, 0.25) is 0 Å². The third-order valence-corrected chi connectivity index (χ3v) is 3.48. The molecule has 0 bridgehead atoms. The van der Waals surface area contributed by atoms with Crippen molar-refractivity contribution in [1.82, 2.24) is 0 Å². The number of ether oxygens (including phenoxy) is 2. The van der Waals surface area contributed by atoms with Crippen molar-refractivity contribution in [3.8, 4) is 11.5 Å². The smallest absolute Gasteiger partial charge is 0.210 e. The molecule has 0 spiro atoms. The fourth-order valence-corrected chi connectivity index (χ4v) is 2.54. The monoisotopic (exact) mass is 286 g/mol. The van der Waals surface area contributed by atoms with Crippen molar-refractivity contribution in [3.63, 3.8) is 0 Å². The van der Waals surface area contributed by atoms with Crippen LogP contribution in [-0.4, -0.2) is 18.5 Å². The molecular formula is C17H15FO3. The van der Waals surface area contributed by atoms with Gasteiger partial charge in [0, 0.05) is 0 Å². The lowest BCUT2D eigenvalue weighted by Crippen LogP contribution is -2.37. The van der Waals surface area contributed by atoms with E-state index in [2.05, 4.69) is 0 Å². The molecule has 0 aliphatic carbocycles. The zero-order chi connectivity index (χ0) is 15.0. The number of carbonyl (C=O) groups excluding carboxylic acids is 1. The van der Waals surface area contributed by atoms with E-state index in [4.69, 9.17) is 9.47 Å². The number of hydrogen-bond donors (Lipinski definition) is 0. The molecule has 1 aliphatic heterocycles. The summed E-state index contributed by atoms with van der Waals surface area (Å²) in [5.41, 5.74) is 1.47. The molecule has 0 radical (unpaired) electrons. The van der Waals surface area contributed by atoms with Crippen molar-refractivity contribution in [3.05, 3.63) is 58.9 Å². The Morgan fingerprint density at radius 1 is 1.19 bits per heavy atom. The van der Waals surface area contributed by atoms with Crippen molar-refractivity contribution in [2.45, 2.75) is 20.0 Å². The number of halogens is 1. The van der Waals surface area contributed by atoms with E-state index in [0.717, 1.165) is 5.56 Å². The molecule has 108 valence electrons. The molecule has 3 nitrogen and oxygen atoms in total. The van der Waals surface area contributed by atoms with Gasteiger partial charge in [0.05, 0.1) is 5.56 Å².